The molecule has 9 nitrogen and oxygen atoms in total. The van der Waals surface area contributed by atoms with E-state index in [9.17, 15) is 13.6 Å². The van der Waals surface area contributed by atoms with Gasteiger partial charge in [-0.1, -0.05) is 18.2 Å². The molecule has 156 valence electrons. The summed E-state index contributed by atoms with van der Waals surface area (Å²) in [7, 11) is 0. The second-order valence-corrected chi connectivity index (χ2v) is 6.89. The van der Waals surface area contributed by atoms with Gasteiger partial charge in [-0.05, 0) is 25.1 Å². The highest BCUT2D eigenvalue weighted by Crippen LogP contribution is 2.25. The molecular formula is C20H16F2N8O. The molecule has 0 aliphatic heterocycles. The van der Waals surface area contributed by atoms with Crippen molar-refractivity contribution in [3.63, 3.8) is 0 Å². The molecule has 1 atom stereocenters. The van der Waals surface area contributed by atoms with Crippen LogP contribution >= 0.6 is 0 Å². The van der Waals surface area contributed by atoms with Crippen molar-refractivity contribution in [2.24, 2.45) is 0 Å². The number of H-pyrrole nitrogens is 1. The Morgan fingerprint density at radius 3 is 2.68 bits per heavy atom. The number of anilines is 1. The standard InChI is InChI=1S/C20H16F2N8O/c1-11(27-18-14-17(24-9-23-14)25-10-26-18)19-28-29-8-7-13(16(21)22)15(29)20(31)30(19)12-5-3-2-4-6-12/h2-11,16H,1H3,(H2,23,24,25,26,27)/t11-/m0/s1. The van der Waals surface area contributed by atoms with Gasteiger partial charge >= 0.3 is 0 Å². The largest absolute Gasteiger partial charge is 0.358 e. The number of nitrogens with zero attached hydrogens (tertiary/aromatic N) is 6. The fraction of sp³-hybridized carbons (Fsp3) is 0.150. The Balaban J connectivity index is 1.70. The first kappa shape index (κ1) is 18.9. The van der Waals surface area contributed by atoms with Gasteiger partial charge in [-0.15, -0.1) is 0 Å². The molecule has 0 unspecified atom stereocenters. The van der Waals surface area contributed by atoms with Crippen molar-refractivity contribution in [1.82, 2.24) is 34.1 Å². The number of rotatable bonds is 5. The first-order chi connectivity index (χ1) is 15.0. The number of nitrogens with one attached hydrogen (secondary N) is 2. The summed E-state index contributed by atoms with van der Waals surface area (Å²) < 4.78 is 29.5. The molecule has 0 aliphatic carbocycles. The first-order valence-corrected chi connectivity index (χ1v) is 9.43. The van der Waals surface area contributed by atoms with Crippen molar-refractivity contribution in [2.75, 3.05) is 5.32 Å². The topological polar surface area (TPSA) is 106 Å². The highest BCUT2D eigenvalue weighted by atomic mass is 19.3. The molecular weight excluding hydrogens is 406 g/mol. The van der Waals surface area contributed by atoms with E-state index in [0.29, 0.717) is 28.5 Å². The number of hydrogen-bond acceptors (Lipinski definition) is 6. The monoisotopic (exact) mass is 422 g/mol. The number of fused-ring (bicyclic) bond motifs is 2. The number of benzene rings is 1. The Hall–Kier alpha value is -4.15. The van der Waals surface area contributed by atoms with Crippen LogP contribution in [0.5, 0.6) is 0 Å². The van der Waals surface area contributed by atoms with Crippen molar-refractivity contribution in [2.45, 2.75) is 19.4 Å². The third-order valence-corrected chi connectivity index (χ3v) is 4.96. The van der Waals surface area contributed by atoms with E-state index >= 15 is 0 Å². The summed E-state index contributed by atoms with van der Waals surface area (Å²) in [5.74, 6) is 0.802. The Morgan fingerprint density at radius 2 is 1.90 bits per heavy atom. The lowest BCUT2D eigenvalue weighted by Gasteiger charge is -2.19. The molecule has 31 heavy (non-hydrogen) atoms. The minimum Gasteiger partial charge on any atom is -0.358 e. The first-order valence-electron chi connectivity index (χ1n) is 9.43. The third kappa shape index (κ3) is 3.10. The maximum Gasteiger partial charge on any atom is 0.283 e. The molecule has 1 aromatic carbocycles. The van der Waals surface area contributed by atoms with Crippen molar-refractivity contribution in [3.8, 4) is 5.69 Å². The molecule has 0 saturated heterocycles. The highest BCUT2D eigenvalue weighted by molar-refractivity contribution is 5.82. The quantitative estimate of drug-likeness (QED) is 0.450. The number of imidazole rings is 1. The number of alkyl halides is 2. The Bertz CT molecular complexity index is 1440. The van der Waals surface area contributed by atoms with Crippen LogP contribution in [0.1, 0.15) is 30.8 Å². The minimum atomic E-state index is -2.79. The number of aromatic nitrogens is 7. The van der Waals surface area contributed by atoms with Gasteiger partial charge < -0.3 is 10.3 Å². The molecule has 0 radical (unpaired) electrons. The maximum atomic E-state index is 13.5. The van der Waals surface area contributed by atoms with Crippen molar-refractivity contribution < 1.29 is 8.78 Å². The van der Waals surface area contributed by atoms with Crippen molar-refractivity contribution in [3.05, 3.63) is 77.0 Å². The molecule has 5 rings (SSSR count). The molecule has 0 saturated carbocycles. The smallest absolute Gasteiger partial charge is 0.283 e. The predicted molar refractivity (Wildman–Crippen MR) is 109 cm³/mol. The summed E-state index contributed by atoms with van der Waals surface area (Å²) >= 11 is 0. The van der Waals surface area contributed by atoms with Gasteiger partial charge in [-0.25, -0.2) is 28.2 Å². The summed E-state index contributed by atoms with van der Waals surface area (Å²) in [4.78, 5) is 28.8. The van der Waals surface area contributed by atoms with E-state index in [4.69, 9.17) is 0 Å². The molecule has 0 fully saturated rings. The van der Waals surface area contributed by atoms with Crippen LogP contribution in [0.25, 0.3) is 22.4 Å². The van der Waals surface area contributed by atoms with E-state index in [0.717, 1.165) is 0 Å². The lowest BCUT2D eigenvalue weighted by molar-refractivity contribution is 0.153. The van der Waals surface area contributed by atoms with Gasteiger partial charge in [-0.2, -0.15) is 5.10 Å². The molecule has 4 heterocycles. The second-order valence-electron chi connectivity index (χ2n) is 6.89. The average molecular weight is 422 g/mol. The molecule has 2 N–H and O–H groups in total. The van der Waals surface area contributed by atoms with E-state index < -0.39 is 18.0 Å². The Kier molecular flexibility index (Phi) is 4.42. The van der Waals surface area contributed by atoms with Crippen LogP contribution in [0.4, 0.5) is 14.6 Å². The molecule has 0 spiro atoms. The Labute approximate surface area is 173 Å². The van der Waals surface area contributed by atoms with Gasteiger partial charge in [0.1, 0.15) is 17.4 Å². The number of aromatic amines is 1. The number of para-hydroxylation sites is 1. The molecule has 4 aromatic heterocycles. The van der Waals surface area contributed by atoms with Crippen LogP contribution in [0.15, 0.2) is 60.0 Å². The zero-order valence-electron chi connectivity index (χ0n) is 16.2. The summed E-state index contributed by atoms with van der Waals surface area (Å²) in [5.41, 5.74) is 0.504. The van der Waals surface area contributed by atoms with Crippen molar-refractivity contribution in [1.29, 1.82) is 0 Å². The Morgan fingerprint density at radius 1 is 1.10 bits per heavy atom. The zero-order valence-corrected chi connectivity index (χ0v) is 16.2. The van der Waals surface area contributed by atoms with Gasteiger partial charge in [0.05, 0.1) is 23.6 Å². The minimum absolute atomic E-state index is 0.159. The normalized spacial score (nSPS) is 12.6. The fourth-order valence-electron chi connectivity index (χ4n) is 3.53. The van der Waals surface area contributed by atoms with Gasteiger partial charge in [0.2, 0.25) is 0 Å². The van der Waals surface area contributed by atoms with Crippen molar-refractivity contribution >= 4 is 22.5 Å². The summed E-state index contributed by atoms with van der Waals surface area (Å²) in [6.07, 6.45) is 1.45. The lowest BCUT2D eigenvalue weighted by atomic mass is 10.2. The van der Waals surface area contributed by atoms with Gasteiger partial charge in [0, 0.05) is 6.20 Å². The summed E-state index contributed by atoms with van der Waals surface area (Å²) in [6, 6.07) is 9.47. The number of halogens is 2. The molecule has 0 amide bonds. The van der Waals surface area contributed by atoms with E-state index in [-0.39, 0.29) is 11.1 Å². The van der Waals surface area contributed by atoms with E-state index in [1.165, 1.54) is 34.0 Å². The molecule has 5 aromatic rings. The van der Waals surface area contributed by atoms with Crippen LogP contribution in [0.2, 0.25) is 0 Å². The third-order valence-electron chi connectivity index (χ3n) is 4.96. The SMILES string of the molecule is C[C@H](Nc1ncnc2nc[nH]c12)c1nn2ccc(C(F)F)c2c(=O)n1-c1ccccc1. The second kappa shape index (κ2) is 7.27. The molecule has 0 bridgehead atoms. The zero-order chi connectivity index (χ0) is 21.5. The lowest BCUT2D eigenvalue weighted by Crippen LogP contribution is -2.29. The molecule has 11 heteroatoms. The van der Waals surface area contributed by atoms with Gasteiger partial charge in [-0.3, -0.25) is 9.36 Å². The average Bonchev–Trinajstić information content (AvgIpc) is 3.42. The fourth-order valence-corrected chi connectivity index (χ4v) is 3.53. The van der Waals surface area contributed by atoms with Gasteiger partial charge in [0.25, 0.3) is 12.0 Å². The maximum absolute atomic E-state index is 13.5. The predicted octanol–water partition coefficient (Wildman–Crippen LogP) is 3.26. The van der Waals surface area contributed by atoms with E-state index in [1.807, 2.05) is 0 Å². The van der Waals surface area contributed by atoms with Crippen LogP contribution < -0.4 is 10.9 Å². The molecule has 0 aliphatic rings. The van der Waals surface area contributed by atoms with Crippen LogP contribution in [0.3, 0.4) is 0 Å². The van der Waals surface area contributed by atoms with Gasteiger partial charge in [0.15, 0.2) is 17.3 Å². The number of hydrogen-bond donors (Lipinski definition) is 2. The summed E-state index contributed by atoms with van der Waals surface area (Å²) in [5, 5.41) is 7.71. The van der Waals surface area contributed by atoms with Crippen LogP contribution in [0, 0.1) is 0 Å². The highest BCUT2D eigenvalue weighted by Gasteiger charge is 2.23. The van der Waals surface area contributed by atoms with E-state index in [2.05, 4.69) is 30.4 Å². The van der Waals surface area contributed by atoms with E-state index in [1.54, 1.807) is 37.3 Å². The summed E-state index contributed by atoms with van der Waals surface area (Å²) in [6.45, 7) is 1.80. The van der Waals surface area contributed by atoms with Crippen LogP contribution in [-0.2, 0) is 0 Å². The van der Waals surface area contributed by atoms with Crippen LogP contribution in [-0.4, -0.2) is 34.1 Å².